The fourth-order valence-electron chi connectivity index (χ4n) is 2.39. The van der Waals surface area contributed by atoms with Crippen molar-refractivity contribution in [2.24, 2.45) is 0 Å². The summed E-state index contributed by atoms with van der Waals surface area (Å²) in [6.07, 6.45) is 5.54. The Bertz CT molecular complexity index is 338. The number of hydrogen-bond acceptors (Lipinski definition) is 5. The molecule has 0 amide bonds. The predicted octanol–water partition coefficient (Wildman–Crippen LogP) is 0.760. The number of piperazine rings is 1. The maximum absolute atomic E-state index is 8.86. The van der Waals surface area contributed by atoms with E-state index in [0.717, 1.165) is 45.0 Å². The van der Waals surface area contributed by atoms with E-state index in [2.05, 4.69) is 26.7 Å². The molecule has 100 valence electrons. The van der Waals surface area contributed by atoms with Crippen LogP contribution in [0.25, 0.3) is 0 Å². The zero-order valence-corrected chi connectivity index (χ0v) is 11.0. The molecular formula is C13H22N4O. The van der Waals surface area contributed by atoms with E-state index < -0.39 is 0 Å². The number of rotatable bonds is 5. The van der Waals surface area contributed by atoms with Crippen molar-refractivity contribution in [2.75, 3.05) is 37.7 Å². The molecule has 1 unspecified atom stereocenters. The number of nitrogens with zero attached hydrogens (tertiary/aromatic N) is 4. The highest BCUT2D eigenvalue weighted by Crippen LogP contribution is 2.13. The third kappa shape index (κ3) is 3.40. The quantitative estimate of drug-likeness (QED) is 0.836. The molecule has 0 aromatic carbocycles. The first-order valence-electron chi connectivity index (χ1n) is 6.68. The number of aromatic nitrogens is 2. The number of hydrogen-bond donors (Lipinski definition) is 1. The minimum Gasteiger partial charge on any atom is -0.396 e. The fraction of sp³-hybridized carbons (Fsp3) is 0.692. The lowest BCUT2D eigenvalue weighted by Crippen LogP contribution is -2.50. The van der Waals surface area contributed by atoms with E-state index >= 15 is 0 Å². The Kier molecular flexibility index (Phi) is 4.90. The molecule has 1 fully saturated rings. The Morgan fingerprint density at radius 1 is 1.22 bits per heavy atom. The fourth-order valence-corrected chi connectivity index (χ4v) is 2.39. The highest BCUT2D eigenvalue weighted by Gasteiger charge is 2.21. The van der Waals surface area contributed by atoms with Gasteiger partial charge in [0.05, 0.1) is 0 Å². The molecule has 18 heavy (non-hydrogen) atoms. The van der Waals surface area contributed by atoms with Gasteiger partial charge < -0.3 is 10.0 Å². The Morgan fingerprint density at radius 2 is 1.89 bits per heavy atom. The molecule has 0 saturated carbocycles. The Labute approximate surface area is 108 Å². The van der Waals surface area contributed by atoms with Gasteiger partial charge in [0, 0.05) is 51.2 Å². The molecule has 0 radical (unpaired) electrons. The van der Waals surface area contributed by atoms with Crippen LogP contribution in [0.5, 0.6) is 0 Å². The van der Waals surface area contributed by atoms with Gasteiger partial charge in [0.2, 0.25) is 5.95 Å². The van der Waals surface area contributed by atoms with E-state index in [4.69, 9.17) is 5.11 Å². The molecule has 1 atom stereocenters. The molecule has 0 aliphatic carbocycles. The molecule has 2 heterocycles. The van der Waals surface area contributed by atoms with Crippen LogP contribution in [0.4, 0.5) is 5.95 Å². The highest BCUT2D eigenvalue weighted by molar-refractivity contribution is 5.29. The average molecular weight is 250 g/mol. The molecule has 1 aromatic heterocycles. The maximum Gasteiger partial charge on any atom is 0.225 e. The first-order valence-corrected chi connectivity index (χ1v) is 6.68. The summed E-state index contributed by atoms with van der Waals surface area (Å²) < 4.78 is 0. The zero-order chi connectivity index (χ0) is 12.8. The molecule has 1 aliphatic heterocycles. The third-order valence-corrected chi connectivity index (χ3v) is 3.55. The van der Waals surface area contributed by atoms with E-state index in [1.54, 1.807) is 12.4 Å². The zero-order valence-electron chi connectivity index (χ0n) is 11.0. The lowest BCUT2D eigenvalue weighted by molar-refractivity contribution is 0.174. The lowest BCUT2D eigenvalue weighted by atomic mass is 10.1. The second kappa shape index (κ2) is 6.66. The van der Waals surface area contributed by atoms with Crippen LogP contribution in [0.1, 0.15) is 19.8 Å². The summed E-state index contributed by atoms with van der Waals surface area (Å²) in [7, 11) is 0. The van der Waals surface area contributed by atoms with Crippen LogP contribution in [-0.4, -0.2) is 58.8 Å². The molecule has 1 N–H and O–H groups in total. The van der Waals surface area contributed by atoms with E-state index in [1.165, 1.54) is 0 Å². The van der Waals surface area contributed by atoms with Crippen LogP contribution in [0.2, 0.25) is 0 Å². The van der Waals surface area contributed by atoms with Gasteiger partial charge in [0.1, 0.15) is 0 Å². The van der Waals surface area contributed by atoms with Crippen molar-refractivity contribution in [3.63, 3.8) is 0 Å². The molecule has 1 aromatic rings. The summed E-state index contributed by atoms with van der Waals surface area (Å²) in [4.78, 5) is 13.3. The van der Waals surface area contributed by atoms with Gasteiger partial charge in [-0.25, -0.2) is 9.97 Å². The van der Waals surface area contributed by atoms with Crippen molar-refractivity contribution in [1.29, 1.82) is 0 Å². The first-order chi connectivity index (χ1) is 8.81. The Balaban J connectivity index is 1.81. The van der Waals surface area contributed by atoms with Gasteiger partial charge in [0.25, 0.3) is 0 Å². The highest BCUT2D eigenvalue weighted by atomic mass is 16.2. The minimum atomic E-state index is 0.294. The Hall–Kier alpha value is -1.20. The lowest BCUT2D eigenvalue weighted by Gasteiger charge is -2.38. The van der Waals surface area contributed by atoms with Crippen molar-refractivity contribution < 1.29 is 5.11 Å². The maximum atomic E-state index is 8.86. The van der Waals surface area contributed by atoms with Crippen molar-refractivity contribution in [1.82, 2.24) is 14.9 Å². The van der Waals surface area contributed by atoms with Gasteiger partial charge in [-0.2, -0.15) is 0 Å². The van der Waals surface area contributed by atoms with Gasteiger partial charge in [0.15, 0.2) is 0 Å². The number of aliphatic hydroxyl groups excluding tert-OH is 1. The second-order valence-corrected chi connectivity index (χ2v) is 4.79. The normalized spacial score (nSPS) is 18.9. The monoisotopic (exact) mass is 250 g/mol. The molecule has 0 spiro atoms. The molecule has 1 aliphatic rings. The summed E-state index contributed by atoms with van der Waals surface area (Å²) >= 11 is 0. The third-order valence-electron chi connectivity index (χ3n) is 3.55. The van der Waals surface area contributed by atoms with Crippen LogP contribution in [0.3, 0.4) is 0 Å². The summed E-state index contributed by atoms with van der Waals surface area (Å²) in [6.45, 7) is 6.59. The molecule has 2 rings (SSSR count). The van der Waals surface area contributed by atoms with Crippen LogP contribution < -0.4 is 4.90 Å². The van der Waals surface area contributed by atoms with Gasteiger partial charge >= 0.3 is 0 Å². The van der Waals surface area contributed by atoms with Crippen molar-refractivity contribution in [2.45, 2.75) is 25.8 Å². The van der Waals surface area contributed by atoms with E-state index in [0.29, 0.717) is 12.6 Å². The van der Waals surface area contributed by atoms with Crippen LogP contribution in [0, 0.1) is 0 Å². The second-order valence-electron chi connectivity index (χ2n) is 4.79. The first kappa shape index (κ1) is 13.2. The summed E-state index contributed by atoms with van der Waals surface area (Å²) in [5.74, 6) is 0.833. The van der Waals surface area contributed by atoms with E-state index in [1.807, 2.05) is 6.07 Å². The average Bonchev–Trinajstić information content (AvgIpc) is 2.46. The van der Waals surface area contributed by atoms with Gasteiger partial charge in [-0.3, -0.25) is 4.90 Å². The van der Waals surface area contributed by atoms with Crippen molar-refractivity contribution in [3.05, 3.63) is 18.5 Å². The molecule has 5 heteroatoms. The van der Waals surface area contributed by atoms with Gasteiger partial charge in [-0.15, -0.1) is 0 Å². The summed E-state index contributed by atoms with van der Waals surface area (Å²) in [5.41, 5.74) is 0. The van der Waals surface area contributed by atoms with Crippen LogP contribution in [-0.2, 0) is 0 Å². The topological polar surface area (TPSA) is 52.5 Å². The van der Waals surface area contributed by atoms with Gasteiger partial charge in [-0.05, 0) is 25.8 Å². The molecular weight excluding hydrogens is 228 g/mol. The Morgan fingerprint density at radius 3 is 2.50 bits per heavy atom. The molecule has 1 saturated heterocycles. The minimum absolute atomic E-state index is 0.294. The van der Waals surface area contributed by atoms with E-state index in [9.17, 15) is 0 Å². The largest absolute Gasteiger partial charge is 0.396 e. The van der Waals surface area contributed by atoms with Crippen molar-refractivity contribution in [3.8, 4) is 0 Å². The molecule has 5 nitrogen and oxygen atoms in total. The van der Waals surface area contributed by atoms with Crippen LogP contribution in [0.15, 0.2) is 18.5 Å². The SMILES string of the molecule is CC(CCCO)N1CCN(c2ncccn2)CC1. The standard InChI is InChI=1S/C13H22N4O/c1-12(4-2-11-18)16-7-9-17(10-8-16)13-14-5-3-6-15-13/h3,5-6,12,18H,2,4,7-11H2,1H3. The molecule has 0 bridgehead atoms. The number of aliphatic hydroxyl groups is 1. The number of anilines is 1. The predicted molar refractivity (Wildman–Crippen MR) is 71.6 cm³/mol. The van der Waals surface area contributed by atoms with Crippen LogP contribution >= 0.6 is 0 Å². The van der Waals surface area contributed by atoms with Gasteiger partial charge in [-0.1, -0.05) is 0 Å². The summed E-state index contributed by atoms with van der Waals surface area (Å²) in [6, 6.07) is 2.40. The van der Waals surface area contributed by atoms with E-state index in [-0.39, 0.29) is 0 Å². The smallest absolute Gasteiger partial charge is 0.225 e. The van der Waals surface area contributed by atoms with Crippen molar-refractivity contribution >= 4 is 5.95 Å². The summed E-state index contributed by atoms with van der Waals surface area (Å²) in [5, 5.41) is 8.86.